The SMILES string of the molecule is CC1(C)C[C@H](NC(=O)CSCc2ccc(F)cc2)c2ccccc2O1. The van der Waals surface area contributed by atoms with Crippen LogP contribution in [0.15, 0.2) is 48.5 Å². The fourth-order valence-electron chi connectivity index (χ4n) is 3.01. The van der Waals surface area contributed by atoms with Crippen molar-refractivity contribution in [1.82, 2.24) is 5.32 Å². The van der Waals surface area contributed by atoms with Gasteiger partial charge in [0.15, 0.2) is 0 Å². The highest BCUT2D eigenvalue weighted by Gasteiger charge is 2.34. The Labute approximate surface area is 152 Å². The van der Waals surface area contributed by atoms with E-state index in [2.05, 4.69) is 5.32 Å². The topological polar surface area (TPSA) is 38.3 Å². The summed E-state index contributed by atoms with van der Waals surface area (Å²) in [5, 5.41) is 3.13. The number of hydrogen-bond donors (Lipinski definition) is 1. The Balaban J connectivity index is 1.56. The molecule has 0 unspecified atom stereocenters. The molecule has 0 aromatic heterocycles. The molecule has 2 aromatic rings. The normalized spacial score (nSPS) is 18.1. The number of fused-ring (bicyclic) bond motifs is 1. The molecule has 3 nitrogen and oxygen atoms in total. The van der Waals surface area contributed by atoms with Gasteiger partial charge < -0.3 is 10.1 Å². The molecule has 1 heterocycles. The van der Waals surface area contributed by atoms with Crippen LogP contribution >= 0.6 is 11.8 Å². The van der Waals surface area contributed by atoms with Crippen molar-refractivity contribution in [2.45, 2.75) is 37.7 Å². The smallest absolute Gasteiger partial charge is 0.230 e. The van der Waals surface area contributed by atoms with Gasteiger partial charge in [-0.05, 0) is 37.6 Å². The van der Waals surface area contributed by atoms with Crippen LogP contribution in [0.4, 0.5) is 4.39 Å². The molecule has 0 fully saturated rings. The summed E-state index contributed by atoms with van der Waals surface area (Å²) >= 11 is 1.52. The van der Waals surface area contributed by atoms with E-state index < -0.39 is 0 Å². The molecule has 1 atom stereocenters. The van der Waals surface area contributed by atoms with E-state index in [-0.39, 0.29) is 23.4 Å². The second kappa shape index (κ2) is 7.48. The van der Waals surface area contributed by atoms with Gasteiger partial charge in [-0.2, -0.15) is 0 Å². The van der Waals surface area contributed by atoms with Gasteiger partial charge in [0.1, 0.15) is 17.2 Å². The molecule has 0 saturated carbocycles. The Morgan fingerprint density at radius 2 is 1.96 bits per heavy atom. The third-order valence-electron chi connectivity index (χ3n) is 4.13. The lowest BCUT2D eigenvalue weighted by Crippen LogP contribution is -2.41. The second-order valence-electron chi connectivity index (χ2n) is 6.84. The maximum Gasteiger partial charge on any atom is 0.230 e. The number of para-hydroxylation sites is 1. The van der Waals surface area contributed by atoms with Crippen LogP contribution in [-0.4, -0.2) is 17.3 Å². The Morgan fingerprint density at radius 1 is 1.24 bits per heavy atom. The zero-order valence-electron chi connectivity index (χ0n) is 14.4. The van der Waals surface area contributed by atoms with Crippen LogP contribution in [0.2, 0.25) is 0 Å². The molecule has 1 aliphatic heterocycles. The summed E-state index contributed by atoms with van der Waals surface area (Å²) in [6, 6.07) is 14.2. The minimum absolute atomic E-state index is 0.00427. The summed E-state index contributed by atoms with van der Waals surface area (Å²) in [7, 11) is 0. The van der Waals surface area contributed by atoms with Gasteiger partial charge in [-0.25, -0.2) is 4.39 Å². The third-order valence-corrected chi connectivity index (χ3v) is 5.13. The van der Waals surface area contributed by atoms with Crippen molar-refractivity contribution in [3.63, 3.8) is 0 Å². The number of nitrogens with one attached hydrogen (secondary N) is 1. The average Bonchev–Trinajstić information content (AvgIpc) is 2.55. The van der Waals surface area contributed by atoms with E-state index in [1.165, 1.54) is 23.9 Å². The molecule has 0 spiro atoms. The average molecular weight is 359 g/mol. The van der Waals surface area contributed by atoms with Crippen molar-refractivity contribution in [3.8, 4) is 5.75 Å². The lowest BCUT2D eigenvalue weighted by molar-refractivity contribution is -0.119. The maximum atomic E-state index is 12.9. The van der Waals surface area contributed by atoms with Crippen molar-refractivity contribution in [1.29, 1.82) is 0 Å². The minimum Gasteiger partial charge on any atom is -0.487 e. The monoisotopic (exact) mass is 359 g/mol. The summed E-state index contributed by atoms with van der Waals surface area (Å²) in [5.41, 5.74) is 1.73. The summed E-state index contributed by atoms with van der Waals surface area (Å²) < 4.78 is 18.9. The van der Waals surface area contributed by atoms with E-state index in [1.54, 1.807) is 12.1 Å². The van der Waals surface area contributed by atoms with E-state index >= 15 is 0 Å². The number of hydrogen-bond acceptors (Lipinski definition) is 3. The van der Waals surface area contributed by atoms with E-state index in [9.17, 15) is 9.18 Å². The van der Waals surface area contributed by atoms with Crippen molar-refractivity contribution >= 4 is 17.7 Å². The predicted molar refractivity (Wildman–Crippen MR) is 99.2 cm³/mol. The van der Waals surface area contributed by atoms with E-state index in [4.69, 9.17) is 4.74 Å². The zero-order chi connectivity index (χ0) is 17.9. The van der Waals surface area contributed by atoms with Crippen molar-refractivity contribution in [2.75, 3.05) is 5.75 Å². The Kier molecular flexibility index (Phi) is 5.33. The van der Waals surface area contributed by atoms with Crippen LogP contribution in [0.25, 0.3) is 0 Å². The Bertz CT molecular complexity index is 746. The lowest BCUT2D eigenvalue weighted by Gasteiger charge is -2.37. The zero-order valence-corrected chi connectivity index (χ0v) is 15.2. The number of amides is 1. The number of carbonyl (C=O) groups excluding carboxylic acids is 1. The van der Waals surface area contributed by atoms with Gasteiger partial charge >= 0.3 is 0 Å². The van der Waals surface area contributed by atoms with Crippen LogP contribution in [-0.2, 0) is 10.5 Å². The van der Waals surface area contributed by atoms with Gasteiger partial charge in [-0.1, -0.05) is 30.3 Å². The van der Waals surface area contributed by atoms with Crippen molar-refractivity contribution < 1.29 is 13.9 Å². The molecule has 132 valence electrons. The van der Waals surface area contributed by atoms with Gasteiger partial charge in [0.05, 0.1) is 11.8 Å². The van der Waals surface area contributed by atoms with E-state index in [0.29, 0.717) is 11.5 Å². The molecule has 3 rings (SSSR count). The predicted octanol–water partition coefficient (Wildman–Crippen LogP) is 4.48. The first-order chi connectivity index (χ1) is 11.9. The fourth-order valence-corrected chi connectivity index (χ4v) is 3.81. The number of thioether (sulfide) groups is 1. The highest BCUT2D eigenvalue weighted by molar-refractivity contribution is 7.99. The molecular formula is C20H22FNO2S. The molecule has 1 N–H and O–H groups in total. The molecule has 0 aliphatic carbocycles. The van der Waals surface area contributed by atoms with Crippen LogP contribution in [0, 0.1) is 5.82 Å². The van der Waals surface area contributed by atoms with Crippen LogP contribution in [0.3, 0.4) is 0 Å². The molecular weight excluding hydrogens is 337 g/mol. The number of rotatable bonds is 5. The highest BCUT2D eigenvalue weighted by atomic mass is 32.2. The number of halogens is 1. The summed E-state index contributed by atoms with van der Waals surface area (Å²) in [4.78, 5) is 12.3. The Hall–Kier alpha value is -2.01. The second-order valence-corrected chi connectivity index (χ2v) is 7.83. The first-order valence-electron chi connectivity index (χ1n) is 8.32. The third kappa shape index (κ3) is 4.75. The summed E-state index contributed by atoms with van der Waals surface area (Å²) in [6.07, 6.45) is 0.735. The van der Waals surface area contributed by atoms with Crippen LogP contribution < -0.4 is 10.1 Å². The molecule has 0 saturated heterocycles. The van der Waals surface area contributed by atoms with Gasteiger partial charge in [-0.15, -0.1) is 11.8 Å². The van der Waals surface area contributed by atoms with Crippen LogP contribution in [0.1, 0.15) is 37.4 Å². The first kappa shape index (κ1) is 17.8. The number of ether oxygens (including phenoxy) is 1. The molecule has 1 amide bonds. The lowest BCUT2D eigenvalue weighted by atomic mass is 9.90. The number of benzene rings is 2. The Morgan fingerprint density at radius 3 is 2.72 bits per heavy atom. The molecule has 0 radical (unpaired) electrons. The van der Waals surface area contributed by atoms with E-state index in [1.807, 2.05) is 38.1 Å². The van der Waals surface area contributed by atoms with Gasteiger partial charge in [0.25, 0.3) is 0 Å². The van der Waals surface area contributed by atoms with Crippen molar-refractivity contribution in [3.05, 3.63) is 65.5 Å². The molecule has 1 aliphatic rings. The van der Waals surface area contributed by atoms with Gasteiger partial charge in [0, 0.05) is 17.7 Å². The molecule has 0 bridgehead atoms. The molecule has 5 heteroatoms. The van der Waals surface area contributed by atoms with Gasteiger partial charge in [0.2, 0.25) is 5.91 Å². The first-order valence-corrected chi connectivity index (χ1v) is 9.48. The summed E-state index contributed by atoms with van der Waals surface area (Å²) in [5.74, 6) is 1.65. The maximum absolute atomic E-state index is 12.9. The quantitative estimate of drug-likeness (QED) is 0.855. The molecule has 25 heavy (non-hydrogen) atoms. The van der Waals surface area contributed by atoms with Crippen molar-refractivity contribution in [2.24, 2.45) is 0 Å². The largest absolute Gasteiger partial charge is 0.487 e. The summed E-state index contributed by atoms with van der Waals surface area (Å²) in [6.45, 7) is 4.07. The standard InChI is InChI=1S/C20H22FNO2S/c1-20(2)11-17(16-5-3-4-6-18(16)24-20)22-19(23)13-25-12-14-7-9-15(21)10-8-14/h3-10,17H,11-13H2,1-2H3,(H,22,23)/t17-/m0/s1. The van der Waals surface area contributed by atoms with Crippen LogP contribution in [0.5, 0.6) is 5.75 Å². The minimum atomic E-state index is -0.312. The van der Waals surface area contributed by atoms with Gasteiger partial charge in [-0.3, -0.25) is 4.79 Å². The fraction of sp³-hybridized carbons (Fsp3) is 0.350. The molecule has 2 aromatic carbocycles. The number of carbonyl (C=O) groups is 1. The van der Waals surface area contributed by atoms with E-state index in [0.717, 1.165) is 23.3 Å². The highest BCUT2D eigenvalue weighted by Crippen LogP contribution is 2.39.